The lowest BCUT2D eigenvalue weighted by atomic mass is 9.76. The van der Waals surface area contributed by atoms with Crippen molar-refractivity contribution in [2.45, 2.75) is 44.4 Å². The van der Waals surface area contributed by atoms with Crippen LogP contribution in [0.5, 0.6) is 0 Å². The van der Waals surface area contributed by atoms with Crippen molar-refractivity contribution in [1.82, 2.24) is 10.2 Å². The molecule has 0 radical (unpaired) electrons. The van der Waals surface area contributed by atoms with Gasteiger partial charge in [-0.3, -0.25) is 24.6 Å². The predicted octanol–water partition coefficient (Wildman–Crippen LogP) is 1.24. The molecule has 2 saturated heterocycles. The van der Waals surface area contributed by atoms with E-state index in [4.69, 9.17) is 11.6 Å². The summed E-state index contributed by atoms with van der Waals surface area (Å²) >= 11 is 6.25. The van der Waals surface area contributed by atoms with E-state index in [0.29, 0.717) is 29.2 Å². The number of unbranched alkanes of at least 4 members (excludes halogenated alkanes) is 1. The first kappa shape index (κ1) is 18.4. The van der Waals surface area contributed by atoms with Gasteiger partial charge in [0.15, 0.2) is 0 Å². The van der Waals surface area contributed by atoms with Gasteiger partial charge in [-0.05, 0) is 19.4 Å². The van der Waals surface area contributed by atoms with E-state index in [-0.39, 0.29) is 11.8 Å². The van der Waals surface area contributed by atoms with Gasteiger partial charge in [0.1, 0.15) is 5.54 Å². The van der Waals surface area contributed by atoms with E-state index in [1.807, 2.05) is 6.92 Å². The standard InChI is InChI=1S/C19H22ClN3O4/c1-3-4-8-23-16(25)12-13(17(23)26)19(22-14(12)9(2)24)10-6-5-7-11(20)15(10)21-18(19)27/h5-7,9,12-14,22,24H,3-4,8H2,1-2H3,(H,21,27)/t9?,12-,13-,14?,19?/m1/s1. The molecule has 8 heteroatoms. The lowest BCUT2D eigenvalue weighted by Crippen LogP contribution is -2.54. The summed E-state index contributed by atoms with van der Waals surface area (Å²) in [5.74, 6) is -2.79. The Morgan fingerprint density at radius 2 is 2.04 bits per heavy atom. The molecule has 3 aliphatic heterocycles. The highest BCUT2D eigenvalue weighted by atomic mass is 35.5. The summed E-state index contributed by atoms with van der Waals surface area (Å²) in [6, 6.07) is 4.41. The minimum Gasteiger partial charge on any atom is -0.392 e. The number of aliphatic hydroxyl groups excluding tert-OH is 1. The van der Waals surface area contributed by atoms with Crippen LogP contribution < -0.4 is 10.6 Å². The SMILES string of the molecule is CCCCN1C(=O)[C@H]2C(C(C)O)NC3(C(=O)Nc4c(Cl)cccc43)[C@H]2C1=O. The molecule has 144 valence electrons. The van der Waals surface area contributed by atoms with E-state index in [2.05, 4.69) is 10.6 Å². The van der Waals surface area contributed by atoms with Gasteiger partial charge in [-0.15, -0.1) is 0 Å². The fourth-order valence-corrected chi connectivity index (χ4v) is 4.96. The van der Waals surface area contributed by atoms with Crippen molar-refractivity contribution in [3.05, 3.63) is 28.8 Å². The number of benzene rings is 1. The number of hydrogen-bond acceptors (Lipinski definition) is 5. The van der Waals surface area contributed by atoms with Crippen LogP contribution in [0.2, 0.25) is 5.02 Å². The third-order valence-corrected chi connectivity index (χ3v) is 6.30. The molecule has 0 aliphatic carbocycles. The summed E-state index contributed by atoms with van der Waals surface area (Å²) in [7, 11) is 0. The van der Waals surface area contributed by atoms with Gasteiger partial charge in [0.25, 0.3) is 0 Å². The van der Waals surface area contributed by atoms with E-state index in [9.17, 15) is 19.5 Å². The molecule has 2 fully saturated rings. The average Bonchev–Trinajstić information content (AvgIpc) is 3.21. The number of fused-ring (bicyclic) bond motifs is 4. The van der Waals surface area contributed by atoms with Crippen molar-refractivity contribution in [2.24, 2.45) is 11.8 Å². The van der Waals surface area contributed by atoms with Crippen LogP contribution in [0.1, 0.15) is 32.3 Å². The van der Waals surface area contributed by atoms with Crippen LogP contribution in [-0.4, -0.2) is 46.4 Å². The third-order valence-electron chi connectivity index (χ3n) is 5.98. The predicted molar refractivity (Wildman–Crippen MR) is 99.0 cm³/mol. The van der Waals surface area contributed by atoms with Crippen LogP contribution in [0.4, 0.5) is 5.69 Å². The summed E-state index contributed by atoms with van der Waals surface area (Å²) in [5.41, 5.74) is -0.397. The number of nitrogens with one attached hydrogen (secondary N) is 2. The smallest absolute Gasteiger partial charge is 0.250 e. The van der Waals surface area contributed by atoms with E-state index in [0.717, 1.165) is 6.42 Å². The molecule has 5 atom stereocenters. The summed E-state index contributed by atoms with van der Waals surface area (Å²) < 4.78 is 0. The Balaban J connectivity index is 1.87. The normalized spacial score (nSPS) is 32.8. The summed E-state index contributed by atoms with van der Waals surface area (Å²) in [6.07, 6.45) is 0.635. The van der Waals surface area contributed by atoms with Crippen LogP contribution in [0, 0.1) is 11.8 Å². The molecule has 0 aromatic heterocycles. The number of likely N-dealkylation sites (tertiary alicyclic amines) is 1. The average molecular weight is 392 g/mol. The molecule has 3 aliphatic rings. The van der Waals surface area contributed by atoms with Gasteiger partial charge >= 0.3 is 0 Å². The zero-order valence-corrected chi connectivity index (χ0v) is 15.9. The monoisotopic (exact) mass is 391 g/mol. The van der Waals surface area contributed by atoms with Gasteiger partial charge < -0.3 is 10.4 Å². The number of aliphatic hydroxyl groups is 1. The Bertz CT molecular complexity index is 842. The number of imide groups is 1. The van der Waals surface area contributed by atoms with Crippen molar-refractivity contribution in [3.8, 4) is 0 Å². The molecule has 7 nitrogen and oxygen atoms in total. The topological polar surface area (TPSA) is 98.7 Å². The van der Waals surface area contributed by atoms with Crippen LogP contribution in [-0.2, 0) is 19.9 Å². The maximum absolute atomic E-state index is 13.2. The molecule has 1 spiro atoms. The van der Waals surface area contributed by atoms with E-state index in [1.165, 1.54) is 4.90 Å². The Morgan fingerprint density at radius 1 is 1.30 bits per heavy atom. The quantitative estimate of drug-likeness (QED) is 0.671. The number of halogens is 1. The van der Waals surface area contributed by atoms with Crippen LogP contribution >= 0.6 is 11.6 Å². The first-order valence-electron chi connectivity index (χ1n) is 9.26. The van der Waals surface area contributed by atoms with Gasteiger partial charge in [0.05, 0.1) is 28.6 Å². The molecule has 0 saturated carbocycles. The highest BCUT2D eigenvalue weighted by Gasteiger charge is 2.71. The molecule has 0 bridgehead atoms. The van der Waals surface area contributed by atoms with Gasteiger partial charge in [-0.2, -0.15) is 0 Å². The maximum atomic E-state index is 13.2. The van der Waals surface area contributed by atoms with Crippen molar-refractivity contribution >= 4 is 35.0 Å². The number of anilines is 1. The number of amides is 3. The highest BCUT2D eigenvalue weighted by Crippen LogP contribution is 2.54. The van der Waals surface area contributed by atoms with Crippen molar-refractivity contribution in [3.63, 3.8) is 0 Å². The molecule has 3 amide bonds. The zero-order chi connectivity index (χ0) is 19.5. The maximum Gasteiger partial charge on any atom is 0.250 e. The number of carbonyl (C=O) groups is 3. The first-order valence-corrected chi connectivity index (χ1v) is 9.63. The number of carbonyl (C=O) groups excluding carboxylic acids is 3. The fourth-order valence-electron chi connectivity index (χ4n) is 4.73. The van der Waals surface area contributed by atoms with Crippen molar-refractivity contribution < 1.29 is 19.5 Å². The molecule has 3 unspecified atom stereocenters. The van der Waals surface area contributed by atoms with Crippen molar-refractivity contribution in [1.29, 1.82) is 0 Å². The van der Waals surface area contributed by atoms with Crippen molar-refractivity contribution in [2.75, 3.05) is 11.9 Å². The highest BCUT2D eigenvalue weighted by molar-refractivity contribution is 6.35. The largest absolute Gasteiger partial charge is 0.392 e. The Hall–Kier alpha value is -1.96. The molecular formula is C19H22ClN3O4. The molecule has 1 aromatic rings. The summed E-state index contributed by atoms with van der Waals surface area (Å²) in [6.45, 7) is 3.87. The minimum atomic E-state index is -1.40. The van der Waals surface area contributed by atoms with Gasteiger partial charge in [0.2, 0.25) is 17.7 Å². The molecule has 1 aromatic carbocycles. The lowest BCUT2D eigenvalue weighted by Gasteiger charge is -2.30. The Kier molecular flexibility index (Phi) is 4.29. The van der Waals surface area contributed by atoms with Crippen LogP contribution in [0.25, 0.3) is 0 Å². The number of rotatable bonds is 4. The van der Waals surface area contributed by atoms with Gasteiger partial charge in [-0.25, -0.2) is 0 Å². The van der Waals surface area contributed by atoms with Crippen LogP contribution in [0.3, 0.4) is 0 Å². The van der Waals surface area contributed by atoms with E-state index in [1.54, 1.807) is 25.1 Å². The molecule has 4 rings (SSSR count). The Morgan fingerprint density at radius 3 is 2.70 bits per heavy atom. The number of para-hydroxylation sites is 1. The van der Waals surface area contributed by atoms with E-state index >= 15 is 0 Å². The second-order valence-electron chi connectivity index (χ2n) is 7.52. The molecule has 27 heavy (non-hydrogen) atoms. The summed E-state index contributed by atoms with van der Waals surface area (Å²) in [4.78, 5) is 40.6. The molecule has 3 N–H and O–H groups in total. The molecular weight excluding hydrogens is 370 g/mol. The lowest BCUT2D eigenvalue weighted by molar-refractivity contribution is -0.143. The van der Waals surface area contributed by atoms with Gasteiger partial charge in [-0.1, -0.05) is 37.1 Å². The first-order chi connectivity index (χ1) is 12.8. The zero-order valence-electron chi connectivity index (χ0n) is 15.2. The fraction of sp³-hybridized carbons (Fsp3) is 0.526. The second kappa shape index (κ2) is 6.29. The van der Waals surface area contributed by atoms with E-state index < -0.39 is 35.4 Å². The Labute approximate surface area is 162 Å². The third kappa shape index (κ3) is 2.31. The van der Waals surface area contributed by atoms with Gasteiger partial charge in [0, 0.05) is 18.2 Å². The number of hydrogen-bond donors (Lipinski definition) is 3. The minimum absolute atomic E-state index is 0.322. The number of nitrogens with zero attached hydrogens (tertiary/aromatic N) is 1. The molecule has 3 heterocycles. The van der Waals surface area contributed by atoms with Crippen LogP contribution in [0.15, 0.2) is 18.2 Å². The second-order valence-corrected chi connectivity index (χ2v) is 7.93. The summed E-state index contributed by atoms with van der Waals surface area (Å²) in [5, 5.41) is 16.6.